The highest BCUT2D eigenvalue weighted by Gasteiger charge is 2.05. The van der Waals surface area contributed by atoms with Crippen LogP contribution in [0.25, 0.3) is 0 Å². The zero-order valence-electron chi connectivity index (χ0n) is 10.4. The molecule has 98 valence electrons. The molecule has 0 spiro atoms. The SMILES string of the molecule is Nc1cc(F)cc(NC(=O)CCc2ccccc2)c1. The van der Waals surface area contributed by atoms with Gasteiger partial charge in [0.2, 0.25) is 5.91 Å². The minimum absolute atomic E-state index is 0.158. The molecule has 0 saturated carbocycles. The fraction of sp³-hybridized carbons (Fsp3) is 0.133. The summed E-state index contributed by atoms with van der Waals surface area (Å²) in [6.45, 7) is 0. The number of nitrogens with one attached hydrogen (secondary N) is 1. The first kappa shape index (κ1) is 13.1. The second kappa shape index (κ2) is 6.00. The highest BCUT2D eigenvalue weighted by molar-refractivity contribution is 5.91. The number of carbonyl (C=O) groups excluding carboxylic acids is 1. The van der Waals surface area contributed by atoms with Crippen molar-refractivity contribution in [2.24, 2.45) is 0 Å². The van der Waals surface area contributed by atoms with E-state index in [4.69, 9.17) is 5.73 Å². The summed E-state index contributed by atoms with van der Waals surface area (Å²) < 4.78 is 13.1. The molecule has 2 aromatic carbocycles. The first-order chi connectivity index (χ1) is 9.13. The van der Waals surface area contributed by atoms with E-state index in [1.165, 1.54) is 18.2 Å². The van der Waals surface area contributed by atoms with E-state index in [0.29, 0.717) is 24.2 Å². The maximum absolute atomic E-state index is 13.1. The van der Waals surface area contributed by atoms with Gasteiger partial charge in [-0.2, -0.15) is 0 Å². The Labute approximate surface area is 111 Å². The number of hydrogen-bond acceptors (Lipinski definition) is 2. The number of halogens is 1. The van der Waals surface area contributed by atoms with Gasteiger partial charge < -0.3 is 11.1 Å². The van der Waals surface area contributed by atoms with Gasteiger partial charge >= 0.3 is 0 Å². The molecule has 0 aliphatic carbocycles. The number of anilines is 2. The lowest BCUT2D eigenvalue weighted by Crippen LogP contribution is -2.12. The maximum Gasteiger partial charge on any atom is 0.224 e. The van der Waals surface area contributed by atoms with Crippen LogP contribution in [0, 0.1) is 5.82 Å². The molecule has 2 rings (SSSR count). The van der Waals surface area contributed by atoms with Crippen LogP contribution in [0.1, 0.15) is 12.0 Å². The molecule has 0 unspecified atom stereocenters. The predicted molar refractivity (Wildman–Crippen MR) is 74.2 cm³/mol. The van der Waals surface area contributed by atoms with Crippen molar-refractivity contribution in [3.63, 3.8) is 0 Å². The van der Waals surface area contributed by atoms with Crippen LogP contribution in [0.15, 0.2) is 48.5 Å². The van der Waals surface area contributed by atoms with Gasteiger partial charge in [-0.05, 0) is 30.2 Å². The average molecular weight is 258 g/mol. The lowest BCUT2D eigenvalue weighted by molar-refractivity contribution is -0.116. The summed E-state index contributed by atoms with van der Waals surface area (Å²) in [7, 11) is 0. The molecule has 0 fully saturated rings. The molecule has 2 aromatic rings. The Bertz CT molecular complexity index is 549. The second-order valence-electron chi connectivity index (χ2n) is 4.31. The van der Waals surface area contributed by atoms with E-state index < -0.39 is 5.82 Å². The van der Waals surface area contributed by atoms with Crippen LogP contribution in [0.4, 0.5) is 15.8 Å². The monoisotopic (exact) mass is 258 g/mol. The molecule has 0 aliphatic rings. The number of nitrogen functional groups attached to an aromatic ring is 1. The fourth-order valence-electron chi connectivity index (χ4n) is 1.81. The van der Waals surface area contributed by atoms with Crippen molar-refractivity contribution in [3.8, 4) is 0 Å². The molecule has 0 aromatic heterocycles. The van der Waals surface area contributed by atoms with Gasteiger partial charge in [-0.15, -0.1) is 0 Å². The van der Waals surface area contributed by atoms with Gasteiger partial charge in [0.05, 0.1) is 0 Å². The van der Waals surface area contributed by atoms with Gasteiger partial charge in [0.15, 0.2) is 0 Å². The lowest BCUT2D eigenvalue weighted by atomic mass is 10.1. The summed E-state index contributed by atoms with van der Waals surface area (Å²) in [6.07, 6.45) is 0.998. The molecule has 0 atom stereocenters. The Morgan fingerprint density at radius 3 is 2.58 bits per heavy atom. The van der Waals surface area contributed by atoms with Crippen molar-refractivity contribution in [1.29, 1.82) is 0 Å². The molecule has 0 aliphatic heterocycles. The molecule has 19 heavy (non-hydrogen) atoms. The van der Waals surface area contributed by atoms with E-state index in [1.807, 2.05) is 30.3 Å². The first-order valence-corrected chi connectivity index (χ1v) is 6.03. The predicted octanol–water partition coefficient (Wildman–Crippen LogP) is 2.98. The average Bonchev–Trinajstić information content (AvgIpc) is 2.36. The molecule has 4 heteroatoms. The summed E-state index contributed by atoms with van der Waals surface area (Å²) in [6, 6.07) is 13.7. The molecule has 3 nitrogen and oxygen atoms in total. The van der Waals surface area contributed by atoms with Gasteiger partial charge in [-0.25, -0.2) is 4.39 Å². The summed E-state index contributed by atoms with van der Waals surface area (Å²) in [4.78, 5) is 11.7. The summed E-state index contributed by atoms with van der Waals surface area (Å²) in [5, 5.41) is 2.63. The summed E-state index contributed by atoms with van der Waals surface area (Å²) in [5.41, 5.74) is 7.28. The quantitative estimate of drug-likeness (QED) is 0.828. The Hall–Kier alpha value is -2.36. The van der Waals surface area contributed by atoms with Crippen LogP contribution in [0.3, 0.4) is 0 Å². The van der Waals surface area contributed by atoms with Crippen LogP contribution in [-0.4, -0.2) is 5.91 Å². The highest BCUT2D eigenvalue weighted by Crippen LogP contribution is 2.15. The van der Waals surface area contributed by atoms with Crippen LogP contribution >= 0.6 is 0 Å². The molecular formula is C15H15FN2O. The Morgan fingerprint density at radius 2 is 1.89 bits per heavy atom. The van der Waals surface area contributed by atoms with Gasteiger partial charge in [0.25, 0.3) is 0 Å². The third kappa shape index (κ3) is 4.10. The van der Waals surface area contributed by atoms with Crippen LogP contribution < -0.4 is 11.1 Å². The van der Waals surface area contributed by atoms with E-state index in [-0.39, 0.29) is 5.91 Å². The minimum atomic E-state index is -0.460. The van der Waals surface area contributed by atoms with Crippen LogP contribution in [0.5, 0.6) is 0 Å². The van der Waals surface area contributed by atoms with Crippen LogP contribution in [0.2, 0.25) is 0 Å². The summed E-state index contributed by atoms with van der Waals surface area (Å²) >= 11 is 0. The van der Waals surface area contributed by atoms with E-state index in [1.54, 1.807) is 0 Å². The smallest absolute Gasteiger partial charge is 0.224 e. The molecule has 0 saturated heterocycles. The molecule has 0 radical (unpaired) electrons. The van der Waals surface area contributed by atoms with E-state index in [0.717, 1.165) is 5.56 Å². The topological polar surface area (TPSA) is 55.1 Å². The zero-order chi connectivity index (χ0) is 13.7. The zero-order valence-corrected chi connectivity index (χ0v) is 10.4. The number of rotatable bonds is 4. The van der Waals surface area contributed by atoms with Gasteiger partial charge in [0.1, 0.15) is 5.82 Å². The van der Waals surface area contributed by atoms with Crippen molar-refractivity contribution in [3.05, 3.63) is 59.9 Å². The summed E-state index contributed by atoms with van der Waals surface area (Å²) in [5.74, 6) is -0.618. The van der Waals surface area contributed by atoms with Gasteiger partial charge in [-0.3, -0.25) is 4.79 Å². The van der Waals surface area contributed by atoms with Crippen molar-refractivity contribution >= 4 is 17.3 Å². The Morgan fingerprint density at radius 1 is 1.16 bits per heavy atom. The largest absolute Gasteiger partial charge is 0.399 e. The number of nitrogens with two attached hydrogens (primary N) is 1. The molecule has 3 N–H and O–H groups in total. The van der Waals surface area contributed by atoms with Gasteiger partial charge in [0, 0.05) is 17.8 Å². The molecule has 0 bridgehead atoms. The van der Waals surface area contributed by atoms with Crippen LogP contribution in [-0.2, 0) is 11.2 Å². The Balaban J connectivity index is 1.91. The van der Waals surface area contributed by atoms with E-state index in [9.17, 15) is 9.18 Å². The second-order valence-corrected chi connectivity index (χ2v) is 4.31. The number of hydrogen-bond donors (Lipinski definition) is 2. The third-order valence-electron chi connectivity index (χ3n) is 2.69. The van der Waals surface area contributed by atoms with Crippen molar-refractivity contribution in [2.75, 3.05) is 11.1 Å². The maximum atomic E-state index is 13.1. The van der Waals surface area contributed by atoms with E-state index in [2.05, 4.69) is 5.32 Å². The number of benzene rings is 2. The molecule has 1 amide bonds. The van der Waals surface area contributed by atoms with Crippen molar-refractivity contribution in [1.82, 2.24) is 0 Å². The molecule has 0 heterocycles. The fourth-order valence-corrected chi connectivity index (χ4v) is 1.81. The number of carbonyl (C=O) groups is 1. The highest BCUT2D eigenvalue weighted by atomic mass is 19.1. The minimum Gasteiger partial charge on any atom is -0.399 e. The molecular weight excluding hydrogens is 243 g/mol. The van der Waals surface area contributed by atoms with Gasteiger partial charge in [-0.1, -0.05) is 30.3 Å². The first-order valence-electron chi connectivity index (χ1n) is 6.03. The third-order valence-corrected chi connectivity index (χ3v) is 2.69. The lowest BCUT2D eigenvalue weighted by Gasteiger charge is -2.06. The van der Waals surface area contributed by atoms with Crippen molar-refractivity contribution < 1.29 is 9.18 Å². The normalized spacial score (nSPS) is 10.2. The number of amides is 1. The standard InChI is InChI=1S/C15H15FN2O/c16-12-8-13(17)10-14(9-12)18-15(19)7-6-11-4-2-1-3-5-11/h1-5,8-10H,6-7,17H2,(H,18,19). The van der Waals surface area contributed by atoms with E-state index >= 15 is 0 Å². The van der Waals surface area contributed by atoms with Crippen molar-refractivity contribution in [2.45, 2.75) is 12.8 Å². The Kier molecular flexibility index (Phi) is 4.13. The number of aryl methyl sites for hydroxylation is 1.